The number of carbonyl (C=O) groups excluding carboxylic acids is 1. The quantitative estimate of drug-likeness (QED) is 0.297. The standard InChI is InChI=1S/C19H37N5O2.HI/c1-5-20-17(21-14-16(25)23-18(2,3)4)22-15-19(8-12-26-13-9-19)24-10-6-7-11-24;/h5-15H2,1-4H3,(H,23,25)(H2,20,21,22);1H. The molecule has 1 amide bonds. The smallest absolute Gasteiger partial charge is 0.242 e. The molecule has 0 aliphatic carbocycles. The van der Waals surface area contributed by atoms with E-state index in [0.717, 1.165) is 39.1 Å². The van der Waals surface area contributed by atoms with Gasteiger partial charge in [0.2, 0.25) is 5.91 Å². The van der Waals surface area contributed by atoms with E-state index < -0.39 is 0 Å². The summed E-state index contributed by atoms with van der Waals surface area (Å²) in [6.07, 6.45) is 4.65. The number of likely N-dealkylation sites (tertiary alicyclic amines) is 1. The molecule has 2 saturated heterocycles. The largest absolute Gasteiger partial charge is 0.381 e. The average Bonchev–Trinajstić information content (AvgIpc) is 3.12. The van der Waals surface area contributed by atoms with Gasteiger partial charge in [0.05, 0.1) is 0 Å². The van der Waals surface area contributed by atoms with Crippen molar-refractivity contribution in [2.45, 2.75) is 64.5 Å². The average molecular weight is 495 g/mol. The number of guanidine groups is 1. The highest BCUT2D eigenvalue weighted by molar-refractivity contribution is 14.0. The summed E-state index contributed by atoms with van der Waals surface area (Å²) >= 11 is 0. The Morgan fingerprint density at radius 2 is 1.78 bits per heavy atom. The number of nitrogens with one attached hydrogen (secondary N) is 3. The van der Waals surface area contributed by atoms with Crippen molar-refractivity contribution in [3.8, 4) is 0 Å². The molecule has 2 rings (SSSR count). The molecular formula is C19H38IN5O2. The SMILES string of the molecule is CCNC(=NCC(=O)NC(C)(C)C)NCC1(N2CCCC2)CCOCC1.I. The van der Waals surface area contributed by atoms with Gasteiger partial charge in [-0.05, 0) is 66.5 Å². The van der Waals surface area contributed by atoms with E-state index in [-0.39, 0.29) is 47.5 Å². The van der Waals surface area contributed by atoms with Gasteiger partial charge in [-0.1, -0.05) is 0 Å². The number of aliphatic imine (C=N–C) groups is 1. The fourth-order valence-corrected chi connectivity index (χ4v) is 3.75. The van der Waals surface area contributed by atoms with Crippen molar-refractivity contribution >= 4 is 35.8 Å². The number of amides is 1. The Morgan fingerprint density at radius 3 is 2.33 bits per heavy atom. The molecule has 0 spiro atoms. The fourth-order valence-electron chi connectivity index (χ4n) is 3.75. The summed E-state index contributed by atoms with van der Waals surface area (Å²) < 4.78 is 5.61. The van der Waals surface area contributed by atoms with Crippen molar-refractivity contribution in [2.24, 2.45) is 4.99 Å². The number of rotatable bonds is 6. The van der Waals surface area contributed by atoms with Gasteiger partial charge in [0.15, 0.2) is 5.96 Å². The van der Waals surface area contributed by atoms with E-state index in [1.165, 1.54) is 25.9 Å². The fraction of sp³-hybridized carbons (Fsp3) is 0.895. The normalized spacial score (nSPS) is 20.7. The first-order chi connectivity index (χ1) is 12.3. The summed E-state index contributed by atoms with van der Waals surface area (Å²) in [6, 6.07) is 0. The lowest BCUT2D eigenvalue weighted by atomic mass is 9.88. The van der Waals surface area contributed by atoms with Gasteiger partial charge in [0, 0.05) is 37.4 Å². The highest BCUT2D eigenvalue weighted by Gasteiger charge is 2.39. The van der Waals surface area contributed by atoms with Crippen molar-refractivity contribution in [1.29, 1.82) is 0 Å². The number of hydrogen-bond donors (Lipinski definition) is 3. The van der Waals surface area contributed by atoms with Crippen LogP contribution in [0.2, 0.25) is 0 Å². The van der Waals surface area contributed by atoms with Crippen LogP contribution in [0.15, 0.2) is 4.99 Å². The maximum atomic E-state index is 12.0. The van der Waals surface area contributed by atoms with Crippen LogP contribution >= 0.6 is 24.0 Å². The number of ether oxygens (including phenoxy) is 1. The maximum Gasteiger partial charge on any atom is 0.242 e. The molecule has 0 atom stereocenters. The third kappa shape index (κ3) is 8.11. The summed E-state index contributed by atoms with van der Waals surface area (Å²) in [6.45, 7) is 13.7. The number of nitrogens with zero attached hydrogens (tertiary/aromatic N) is 2. The molecule has 2 aliphatic rings. The molecule has 0 aromatic rings. The van der Waals surface area contributed by atoms with Gasteiger partial charge in [0.1, 0.15) is 6.54 Å². The molecule has 158 valence electrons. The number of halogens is 1. The summed E-state index contributed by atoms with van der Waals surface area (Å²) in [7, 11) is 0. The van der Waals surface area contributed by atoms with Crippen molar-refractivity contribution in [2.75, 3.05) is 45.9 Å². The molecule has 0 saturated carbocycles. The molecule has 0 bridgehead atoms. The van der Waals surface area contributed by atoms with Crippen molar-refractivity contribution in [1.82, 2.24) is 20.9 Å². The molecule has 2 fully saturated rings. The molecule has 0 unspecified atom stereocenters. The van der Waals surface area contributed by atoms with E-state index in [1.807, 2.05) is 27.7 Å². The Hall–Kier alpha value is -0.610. The first-order valence-corrected chi connectivity index (χ1v) is 10.0. The van der Waals surface area contributed by atoms with Crippen LogP contribution in [0.25, 0.3) is 0 Å². The molecule has 0 aromatic heterocycles. The molecule has 2 heterocycles. The molecule has 2 aliphatic heterocycles. The molecule has 0 aromatic carbocycles. The molecule has 27 heavy (non-hydrogen) atoms. The summed E-state index contributed by atoms with van der Waals surface area (Å²) in [4.78, 5) is 19.1. The van der Waals surface area contributed by atoms with Gasteiger partial charge in [-0.2, -0.15) is 0 Å². The lowest BCUT2D eigenvalue weighted by Crippen LogP contribution is -2.58. The van der Waals surface area contributed by atoms with Crippen molar-refractivity contribution in [3.63, 3.8) is 0 Å². The van der Waals surface area contributed by atoms with Gasteiger partial charge in [0.25, 0.3) is 0 Å². The molecule has 8 heteroatoms. The minimum atomic E-state index is -0.236. The molecular weight excluding hydrogens is 457 g/mol. The molecule has 3 N–H and O–H groups in total. The van der Waals surface area contributed by atoms with Crippen LogP contribution in [-0.2, 0) is 9.53 Å². The van der Waals surface area contributed by atoms with Crippen LogP contribution in [0.5, 0.6) is 0 Å². The highest BCUT2D eigenvalue weighted by Crippen LogP contribution is 2.30. The van der Waals surface area contributed by atoms with E-state index >= 15 is 0 Å². The molecule has 0 radical (unpaired) electrons. The van der Waals surface area contributed by atoms with E-state index in [9.17, 15) is 4.79 Å². The maximum absolute atomic E-state index is 12.0. The Kier molecular flexibility index (Phi) is 10.3. The van der Waals surface area contributed by atoms with Crippen LogP contribution in [0.3, 0.4) is 0 Å². The predicted octanol–water partition coefficient (Wildman–Crippen LogP) is 1.72. The Morgan fingerprint density at radius 1 is 1.15 bits per heavy atom. The lowest BCUT2D eigenvalue weighted by molar-refractivity contribution is -0.121. The van der Waals surface area contributed by atoms with Crippen LogP contribution in [0, 0.1) is 0 Å². The lowest BCUT2D eigenvalue weighted by Gasteiger charge is -2.45. The third-order valence-electron chi connectivity index (χ3n) is 5.02. The van der Waals surface area contributed by atoms with Crippen LogP contribution < -0.4 is 16.0 Å². The van der Waals surface area contributed by atoms with Crippen molar-refractivity contribution in [3.05, 3.63) is 0 Å². The second-order valence-corrected chi connectivity index (χ2v) is 8.38. The third-order valence-corrected chi connectivity index (χ3v) is 5.02. The van der Waals surface area contributed by atoms with Crippen LogP contribution in [0.1, 0.15) is 53.4 Å². The second kappa shape index (κ2) is 11.4. The number of carbonyl (C=O) groups is 1. The van der Waals surface area contributed by atoms with E-state index in [0.29, 0.717) is 5.96 Å². The monoisotopic (exact) mass is 495 g/mol. The van der Waals surface area contributed by atoms with Gasteiger partial charge in [-0.15, -0.1) is 24.0 Å². The zero-order valence-corrected chi connectivity index (χ0v) is 19.7. The van der Waals surface area contributed by atoms with Gasteiger partial charge >= 0.3 is 0 Å². The molecule has 7 nitrogen and oxygen atoms in total. The van der Waals surface area contributed by atoms with Crippen LogP contribution in [0.4, 0.5) is 0 Å². The summed E-state index contributed by atoms with van der Waals surface area (Å²) in [5, 5.41) is 9.69. The van der Waals surface area contributed by atoms with E-state index in [4.69, 9.17) is 4.74 Å². The minimum Gasteiger partial charge on any atom is -0.381 e. The van der Waals surface area contributed by atoms with Crippen molar-refractivity contribution < 1.29 is 9.53 Å². The predicted molar refractivity (Wildman–Crippen MR) is 121 cm³/mol. The van der Waals surface area contributed by atoms with Gasteiger partial charge in [-0.25, -0.2) is 4.99 Å². The van der Waals surface area contributed by atoms with Gasteiger partial charge < -0.3 is 20.7 Å². The minimum absolute atomic E-state index is 0. The zero-order valence-electron chi connectivity index (χ0n) is 17.4. The Labute approximate surface area is 181 Å². The van der Waals surface area contributed by atoms with Gasteiger partial charge in [-0.3, -0.25) is 9.69 Å². The second-order valence-electron chi connectivity index (χ2n) is 8.38. The first kappa shape index (κ1) is 24.4. The Balaban J connectivity index is 0.00000364. The Bertz CT molecular complexity index is 481. The van der Waals surface area contributed by atoms with E-state index in [2.05, 4.69) is 25.8 Å². The topological polar surface area (TPSA) is 78.0 Å². The zero-order chi connectivity index (χ0) is 19.0. The van der Waals surface area contributed by atoms with Crippen LogP contribution in [-0.4, -0.2) is 73.8 Å². The summed E-state index contributed by atoms with van der Waals surface area (Å²) in [5.41, 5.74) is -0.0983. The number of hydrogen-bond acceptors (Lipinski definition) is 4. The summed E-state index contributed by atoms with van der Waals surface area (Å²) in [5.74, 6) is 0.650. The first-order valence-electron chi connectivity index (χ1n) is 10.0. The highest BCUT2D eigenvalue weighted by atomic mass is 127. The van der Waals surface area contributed by atoms with E-state index in [1.54, 1.807) is 0 Å².